The first kappa shape index (κ1) is 12.7. The van der Waals surface area contributed by atoms with E-state index in [1.54, 1.807) is 12.4 Å². The standard InChI is InChI=1S/C15H12BrNO/c1-2-14(18)9-12-10-17-8-7-15(12)11-3-5-13(16)6-4-11/h2-8,10H,1,9H2. The largest absolute Gasteiger partial charge is 0.295 e. The second kappa shape index (κ2) is 5.74. The number of hydrogen-bond acceptors (Lipinski definition) is 2. The molecule has 0 unspecified atom stereocenters. The first-order chi connectivity index (χ1) is 8.70. The van der Waals surface area contributed by atoms with Gasteiger partial charge in [0.15, 0.2) is 5.78 Å². The van der Waals surface area contributed by atoms with Crippen LogP contribution in [-0.2, 0) is 11.2 Å². The second-order valence-corrected chi connectivity index (χ2v) is 4.80. The fraction of sp³-hybridized carbons (Fsp3) is 0.0667. The molecule has 0 atom stereocenters. The van der Waals surface area contributed by atoms with Gasteiger partial charge in [0, 0.05) is 23.3 Å². The van der Waals surface area contributed by atoms with Crippen molar-refractivity contribution in [1.82, 2.24) is 4.98 Å². The van der Waals surface area contributed by atoms with Crippen molar-refractivity contribution in [2.45, 2.75) is 6.42 Å². The molecule has 1 heterocycles. The van der Waals surface area contributed by atoms with Crippen molar-refractivity contribution in [3.63, 3.8) is 0 Å². The third kappa shape index (κ3) is 2.93. The van der Waals surface area contributed by atoms with Crippen LogP contribution in [0, 0.1) is 0 Å². The number of halogens is 1. The van der Waals surface area contributed by atoms with Gasteiger partial charge in [-0.1, -0.05) is 34.6 Å². The minimum absolute atomic E-state index is 0.00126. The number of carbonyl (C=O) groups is 1. The van der Waals surface area contributed by atoms with Gasteiger partial charge in [-0.05, 0) is 41.0 Å². The Kier molecular flexibility index (Phi) is 4.05. The van der Waals surface area contributed by atoms with E-state index < -0.39 is 0 Å². The van der Waals surface area contributed by atoms with Gasteiger partial charge < -0.3 is 0 Å². The van der Waals surface area contributed by atoms with Gasteiger partial charge in [-0.25, -0.2) is 0 Å². The van der Waals surface area contributed by atoms with Crippen molar-refractivity contribution < 1.29 is 4.79 Å². The van der Waals surface area contributed by atoms with Gasteiger partial charge in [0.1, 0.15) is 0 Å². The summed E-state index contributed by atoms with van der Waals surface area (Å²) in [6.07, 6.45) is 5.15. The van der Waals surface area contributed by atoms with Crippen LogP contribution in [0.15, 0.2) is 59.9 Å². The summed E-state index contributed by atoms with van der Waals surface area (Å²) in [6.45, 7) is 3.49. The summed E-state index contributed by atoms with van der Waals surface area (Å²) in [5.74, 6) is 0.00126. The minimum Gasteiger partial charge on any atom is -0.295 e. The molecule has 0 radical (unpaired) electrons. The van der Waals surface area contributed by atoms with Gasteiger partial charge in [0.25, 0.3) is 0 Å². The molecule has 0 bridgehead atoms. The number of aromatic nitrogens is 1. The Morgan fingerprint density at radius 2 is 2.00 bits per heavy atom. The van der Waals surface area contributed by atoms with E-state index in [1.807, 2.05) is 30.3 Å². The summed E-state index contributed by atoms with van der Waals surface area (Å²) in [5, 5.41) is 0. The highest BCUT2D eigenvalue weighted by Crippen LogP contribution is 2.25. The molecule has 0 N–H and O–H groups in total. The Bertz CT molecular complexity index is 575. The number of carbonyl (C=O) groups excluding carboxylic acids is 1. The molecule has 0 aliphatic heterocycles. The van der Waals surface area contributed by atoms with Gasteiger partial charge in [0.05, 0.1) is 0 Å². The normalized spacial score (nSPS) is 10.1. The Hall–Kier alpha value is -1.74. The lowest BCUT2D eigenvalue weighted by Crippen LogP contribution is -2.00. The van der Waals surface area contributed by atoms with Crippen LogP contribution < -0.4 is 0 Å². The average Bonchev–Trinajstić information content (AvgIpc) is 2.40. The molecule has 18 heavy (non-hydrogen) atoms. The molecule has 0 saturated carbocycles. The van der Waals surface area contributed by atoms with Crippen molar-refractivity contribution in [2.75, 3.05) is 0 Å². The van der Waals surface area contributed by atoms with E-state index >= 15 is 0 Å². The van der Waals surface area contributed by atoms with Gasteiger partial charge in [-0.3, -0.25) is 9.78 Å². The van der Waals surface area contributed by atoms with Crippen LogP contribution in [0.2, 0.25) is 0 Å². The Balaban J connectivity index is 2.41. The van der Waals surface area contributed by atoms with Gasteiger partial charge in [-0.15, -0.1) is 0 Å². The fourth-order valence-electron chi connectivity index (χ4n) is 1.74. The smallest absolute Gasteiger partial charge is 0.159 e. The molecule has 0 spiro atoms. The van der Waals surface area contributed by atoms with Crippen LogP contribution in [0.25, 0.3) is 11.1 Å². The SMILES string of the molecule is C=CC(=O)Cc1cnccc1-c1ccc(Br)cc1. The topological polar surface area (TPSA) is 30.0 Å². The lowest BCUT2D eigenvalue weighted by Gasteiger charge is -2.07. The number of pyridine rings is 1. The van der Waals surface area contributed by atoms with Crippen LogP contribution in [0.1, 0.15) is 5.56 Å². The molecule has 0 aliphatic rings. The third-order valence-electron chi connectivity index (χ3n) is 2.65. The number of ketones is 1. The van der Waals surface area contributed by atoms with Crippen LogP contribution in [0.3, 0.4) is 0 Å². The Morgan fingerprint density at radius 1 is 1.28 bits per heavy atom. The molecule has 0 aliphatic carbocycles. The van der Waals surface area contributed by atoms with Crippen molar-refractivity contribution in [3.05, 3.63) is 65.4 Å². The van der Waals surface area contributed by atoms with E-state index in [4.69, 9.17) is 0 Å². The van der Waals surface area contributed by atoms with Crippen molar-refractivity contribution in [1.29, 1.82) is 0 Å². The van der Waals surface area contributed by atoms with Crippen LogP contribution in [0.4, 0.5) is 0 Å². The molecule has 2 aromatic rings. The lowest BCUT2D eigenvalue weighted by atomic mass is 9.98. The van der Waals surface area contributed by atoms with Crippen LogP contribution >= 0.6 is 15.9 Å². The van der Waals surface area contributed by atoms with Gasteiger partial charge in [-0.2, -0.15) is 0 Å². The van der Waals surface area contributed by atoms with Crippen LogP contribution in [-0.4, -0.2) is 10.8 Å². The van der Waals surface area contributed by atoms with Crippen LogP contribution in [0.5, 0.6) is 0 Å². The molecule has 0 fully saturated rings. The van der Waals surface area contributed by atoms with E-state index in [0.717, 1.165) is 21.2 Å². The quantitative estimate of drug-likeness (QED) is 0.804. The zero-order valence-corrected chi connectivity index (χ0v) is 11.4. The van der Waals surface area contributed by atoms with Gasteiger partial charge >= 0.3 is 0 Å². The second-order valence-electron chi connectivity index (χ2n) is 3.89. The van der Waals surface area contributed by atoms with Crippen molar-refractivity contribution in [3.8, 4) is 11.1 Å². The molecule has 0 saturated heterocycles. The monoisotopic (exact) mass is 301 g/mol. The van der Waals surface area contributed by atoms with E-state index in [9.17, 15) is 4.79 Å². The highest BCUT2D eigenvalue weighted by atomic mass is 79.9. The average molecular weight is 302 g/mol. The maximum atomic E-state index is 11.5. The molecule has 2 rings (SSSR count). The number of hydrogen-bond donors (Lipinski definition) is 0. The molecular formula is C15H12BrNO. The van der Waals surface area contributed by atoms with E-state index in [0.29, 0.717) is 6.42 Å². The van der Waals surface area contributed by atoms with E-state index in [2.05, 4.69) is 27.5 Å². The fourth-order valence-corrected chi connectivity index (χ4v) is 2.00. The predicted molar refractivity (Wildman–Crippen MR) is 76.3 cm³/mol. The van der Waals surface area contributed by atoms with E-state index in [-0.39, 0.29) is 5.78 Å². The summed E-state index contributed by atoms with van der Waals surface area (Å²) in [5.41, 5.74) is 3.03. The molecule has 3 heteroatoms. The first-order valence-electron chi connectivity index (χ1n) is 5.55. The Morgan fingerprint density at radius 3 is 2.67 bits per heavy atom. The highest BCUT2D eigenvalue weighted by Gasteiger charge is 2.07. The van der Waals surface area contributed by atoms with Gasteiger partial charge in [0.2, 0.25) is 0 Å². The number of nitrogens with zero attached hydrogens (tertiary/aromatic N) is 1. The number of benzene rings is 1. The maximum Gasteiger partial charge on any atom is 0.159 e. The highest BCUT2D eigenvalue weighted by molar-refractivity contribution is 9.10. The summed E-state index contributed by atoms with van der Waals surface area (Å²) < 4.78 is 1.03. The number of allylic oxidation sites excluding steroid dienone is 1. The summed E-state index contributed by atoms with van der Waals surface area (Å²) in [6, 6.07) is 9.92. The van der Waals surface area contributed by atoms with Crippen molar-refractivity contribution in [2.24, 2.45) is 0 Å². The molecule has 2 nitrogen and oxygen atoms in total. The molecular weight excluding hydrogens is 290 g/mol. The molecule has 1 aromatic heterocycles. The first-order valence-corrected chi connectivity index (χ1v) is 6.34. The predicted octanol–water partition coefficient (Wildman–Crippen LogP) is 3.81. The van der Waals surface area contributed by atoms with Crippen molar-refractivity contribution >= 4 is 21.7 Å². The lowest BCUT2D eigenvalue weighted by molar-refractivity contribution is -0.114. The summed E-state index contributed by atoms with van der Waals surface area (Å²) in [4.78, 5) is 15.5. The van der Waals surface area contributed by atoms with E-state index in [1.165, 1.54) is 6.08 Å². The number of rotatable bonds is 4. The summed E-state index contributed by atoms with van der Waals surface area (Å²) >= 11 is 3.41. The Labute approximate surface area is 115 Å². The summed E-state index contributed by atoms with van der Waals surface area (Å²) in [7, 11) is 0. The third-order valence-corrected chi connectivity index (χ3v) is 3.18. The molecule has 0 amide bonds. The maximum absolute atomic E-state index is 11.5. The molecule has 1 aromatic carbocycles. The zero-order chi connectivity index (χ0) is 13.0. The molecule has 90 valence electrons. The minimum atomic E-state index is 0.00126. The zero-order valence-electron chi connectivity index (χ0n) is 9.77.